The smallest absolute Gasteiger partial charge is 0.405 e. The standard InChI is InChI=1S/C21H14F7N3O4/c22-14-5-11(16(33)9-32)8-30-18(14)10-1-3-15(29-7-10)19(34)31-12-2-4-17(35-21(26,27)28)13(6-12)20(23,24)25/h1-8,16,32-33H,9H2,(H,31,34)/t16-/m0/s1. The number of anilines is 1. The highest BCUT2D eigenvalue weighted by atomic mass is 19.4. The molecule has 2 heterocycles. The predicted molar refractivity (Wildman–Crippen MR) is 106 cm³/mol. The number of carbonyl (C=O) groups is 1. The van der Waals surface area contributed by atoms with Gasteiger partial charge in [-0.2, -0.15) is 13.2 Å². The fraction of sp³-hybridized carbons (Fsp3) is 0.190. The highest BCUT2D eigenvalue weighted by molar-refractivity contribution is 6.03. The lowest BCUT2D eigenvalue weighted by atomic mass is 10.1. The maximum atomic E-state index is 14.3. The third-order valence-corrected chi connectivity index (χ3v) is 4.46. The molecule has 0 saturated heterocycles. The summed E-state index contributed by atoms with van der Waals surface area (Å²) in [6.45, 7) is -0.644. The number of pyridine rings is 2. The Hall–Kier alpha value is -3.78. The number of alkyl halides is 6. The number of aliphatic hydroxyl groups excluding tert-OH is 2. The molecule has 3 rings (SSSR count). The quantitative estimate of drug-likeness (QED) is 0.427. The average Bonchev–Trinajstić information content (AvgIpc) is 2.78. The summed E-state index contributed by atoms with van der Waals surface area (Å²) in [5, 5.41) is 20.5. The van der Waals surface area contributed by atoms with Crippen LogP contribution in [0.1, 0.15) is 27.7 Å². The molecule has 0 spiro atoms. The third-order valence-electron chi connectivity index (χ3n) is 4.46. The van der Waals surface area contributed by atoms with Crippen molar-refractivity contribution in [3.8, 4) is 17.0 Å². The molecule has 0 saturated carbocycles. The molecule has 0 aliphatic carbocycles. The van der Waals surface area contributed by atoms with Crippen molar-refractivity contribution in [2.75, 3.05) is 11.9 Å². The molecule has 35 heavy (non-hydrogen) atoms. The number of hydrogen-bond acceptors (Lipinski definition) is 6. The van der Waals surface area contributed by atoms with Gasteiger partial charge >= 0.3 is 12.5 Å². The molecule has 1 atom stereocenters. The summed E-state index contributed by atoms with van der Waals surface area (Å²) in [4.78, 5) is 20.0. The monoisotopic (exact) mass is 505 g/mol. The molecule has 1 aromatic carbocycles. The normalized spacial score (nSPS) is 12.8. The molecule has 0 aliphatic rings. The molecule has 7 nitrogen and oxygen atoms in total. The second-order valence-electron chi connectivity index (χ2n) is 6.94. The number of aliphatic hydroxyl groups is 2. The van der Waals surface area contributed by atoms with Crippen molar-refractivity contribution in [1.82, 2.24) is 9.97 Å². The molecule has 1 amide bonds. The van der Waals surface area contributed by atoms with Crippen molar-refractivity contribution in [2.45, 2.75) is 18.6 Å². The summed E-state index contributed by atoms with van der Waals surface area (Å²) in [5.41, 5.74) is -2.57. The van der Waals surface area contributed by atoms with Crippen LogP contribution >= 0.6 is 0 Å². The molecule has 0 radical (unpaired) electrons. The van der Waals surface area contributed by atoms with Crippen LogP contribution in [0.4, 0.5) is 36.4 Å². The van der Waals surface area contributed by atoms with E-state index in [1.54, 1.807) is 0 Å². The van der Waals surface area contributed by atoms with Gasteiger partial charge < -0.3 is 20.3 Å². The Bertz CT molecular complexity index is 1220. The number of ether oxygens (including phenoxy) is 1. The molecule has 0 aliphatic heterocycles. The van der Waals surface area contributed by atoms with Gasteiger partial charge in [-0.3, -0.25) is 14.8 Å². The van der Waals surface area contributed by atoms with Crippen molar-refractivity contribution in [3.05, 3.63) is 71.4 Å². The van der Waals surface area contributed by atoms with Crippen molar-refractivity contribution in [3.63, 3.8) is 0 Å². The molecule has 3 N–H and O–H groups in total. The summed E-state index contributed by atoms with van der Waals surface area (Å²) in [6, 6.07) is 4.78. The fourth-order valence-corrected chi connectivity index (χ4v) is 2.86. The van der Waals surface area contributed by atoms with Crippen LogP contribution in [0.15, 0.2) is 48.8 Å². The summed E-state index contributed by atoms with van der Waals surface area (Å²) in [6.07, 6.45) is -9.71. The van der Waals surface area contributed by atoms with E-state index in [9.17, 15) is 40.6 Å². The van der Waals surface area contributed by atoms with Gasteiger partial charge in [0.25, 0.3) is 5.91 Å². The largest absolute Gasteiger partial charge is 0.573 e. The van der Waals surface area contributed by atoms with Crippen LogP contribution in [0.3, 0.4) is 0 Å². The zero-order valence-electron chi connectivity index (χ0n) is 17.2. The summed E-state index contributed by atoms with van der Waals surface area (Å²) in [7, 11) is 0. The molecule has 0 fully saturated rings. The number of hydrogen-bond donors (Lipinski definition) is 3. The zero-order chi connectivity index (χ0) is 26.0. The Morgan fingerprint density at radius 1 is 1.03 bits per heavy atom. The highest BCUT2D eigenvalue weighted by Gasteiger charge is 2.39. The number of amides is 1. The molecule has 0 unspecified atom stereocenters. The molecule has 14 heteroatoms. The molecular formula is C21H14F7N3O4. The summed E-state index contributed by atoms with van der Waals surface area (Å²) in [5.74, 6) is -3.34. The number of rotatable bonds is 6. The first-order chi connectivity index (χ1) is 16.3. The van der Waals surface area contributed by atoms with Gasteiger partial charge in [0.05, 0.1) is 12.2 Å². The van der Waals surface area contributed by atoms with Crippen LogP contribution in [0.2, 0.25) is 0 Å². The van der Waals surface area contributed by atoms with E-state index >= 15 is 0 Å². The lowest BCUT2D eigenvalue weighted by molar-refractivity contribution is -0.276. The second-order valence-corrected chi connectivity index (χ2v) is 6.94. The third kappa shape index (κ3) is 6.42. The lowest BCUT2D eigenvalue weighted by Gasteiger charge is -2.16. The summed E-state index contributed by atoms with van der Waals surface area (Å²) < 4.78 is 94.3. The van der Waals surface area contributed by atoms with Gasteiger partial charge in [0.1, 0.15) is 29.1 Å². The summed E-state index contributed by atoms with van der Waals surface area (Å²) >= 11 is 0. The Morgan fingerprint density at radius 3 is 2.29 bits per heavy atom. The van der Waals surface area contributed by atoms with Crippen LogP contribution in [0.25, 0.3) is 11.3 Å². The topological polar surface area (TPSA) is 105 Å². The van der Waals surface area contributed by atoms with Crippen LogP contribution < -0.4 is 10.1 Å². The first kappa shape index (κ1) is 25.8. The minimum Gasteiger partial charge on any atom is -0.405 e. The van der Waals surface area contributed by atoms with Crippen LogP contribution in [-0.4, -0.2) is 39.1 Å². The van der Waals surface area contributed by atoms with Crippen molar-refractivity contribution in [1.29, 1.82) is 0 Å². The predicted octanol–water partition coefficient (Wildman–Crippen LogP) is 4.48. The molecule has 186 valence electrons. The number of carbonyl (C=O) groups excluding carboxylic acids is 1. The number of nitrogens with zero attached hydrogens (tertiary/aromatic N) is 2. The average molecular weight is 505 g/mol. The van der Waals surface area contributed by atoms with E-state index in [-0.39, 0.29) is 28.6 Å². The van der Waals surface area contributed by atoms with E-state index < -0.39 is 54.0 Å². The second kappa shape index (κ2) is 9.84. The van der Waals surface area contributed by atoms with Gasteiger partial charge in [-0.05, 0) is 36.4 Å². The Balaban J connectivity index is 1.80. The van der Waals surface area contributed by atoms with Crippen molar-refractivity contribution >= 4 is 11.6 Å². The zero-order valence-corrected chi connectivity index (χ0v) is 17.2. The van der Waals surface area contributed by atoms with Crippen LogP contribution in [-0.2, 0) is 6.18 Å². The minimum atomic E-state index is -5.36. The van der Waals surface area contributed by atoms with E-state index in [0.29, 0.717) is 6.07 Å². The van der Waals surface area contributed by atoms with Crippen molar-refractivity contribution < 1.29 is 50.5 Å². The van der Waals surface area contributed by atoms with Crippen molar-refractivity contribution in [2.24, 2.45) is 0 Å². The van der Waals surface area contributed by atoms with Gasteiger partial charge in [0, 0.05) is 29.2 Å². The van der Waals surface area contributed by atoms with Gasteiger partial charge in [0.2, 0.25) is 0 Å². The molecular weight excluding hydrogens is 491 g/mol. The van der Waals surface area contributed by atoms with Crippen LogP contribution in [0.5, 0.6) is 5.75 Å². The Morgan fingerprint density at radius 2 is 1.74 bits per heavy atom. The first-order valence-corrected chi connectivity index (χ1v) is 9.47. The lowest BCUT2D eigenvalue weighted by Crippen LogP contribution is -2.20. The van der Waals surface area contributed by atoms with E-state index in [2.05, 4.69) is 20.0 Å². The van der Waals surface area contributed by atoms with E-state index in [1.165, 1.54) is 6.07 Å². The Labute approximate surface area is 191 Å². The van der Waals surface area contributed by atoms with Gasteiger partial charge in [-0.25, -0.2) is 4.39 Å². The van der Waals surface area contributed by atoms with E-state index in [0.717, 1.165) is 30.6 Å². The van der Waals surface area contributed by atoms with Gasteiger partial charge in [-0.1, -0.05) is 0 Å². The van der Waals surface area contributed by atoms with Gasteiger partial charge in [-0.15, -0.1) is 13.2 Å². The van der Waals surface area contributed by atoms with E-state index in [1.807, 2.05) is 0 Å². The van der Waals surface area contributed by atoms with E-state index in [4.69, 9.17) is 5.11 Å². The highest BCUT2D eigenvalue weighted by Crippen LogP contribution is 2.40. The SMILES string of the molecule is O=C(Nc1ccc(OC(F)(F)F)c(C(F)(F)F)c1)c1ccc(-c2ncc([C@@H](O)CO)cc2F)cn1. The van der Waals surface area contributed by atoms with Crippen LogP contribution in [0, 0.1) is 5.82 Å². The Kier molecular flexibility index (Phi) is 7.26. The number of aromatic nitrogens is 2. The fourth-order valence-electron chi connectivity index (χ4n) is 2.86. The maximum absolute atomic E-state index is 14.3. The van der Waals surface area contributed by atoms with Gasteiger partial charge in [0.15, 0.2) is 0 Å². The minimum absolute atomic E-state index is 0.0302. The maximum Gasteiger partial charge on any atom is 0.573 e. The number of halogens is 7. The molecule has 0 bridgehead atoms. The molecule has 2 aromatic heterocycles. The first-order valence-electron chi connectivity index (χ1n) is 9.47. The number of benzene rings is 1. The number of nitrogens with one attached hydrogen (secondary N) is 1. The molecule has 3 aromatic rings.